The van der Waals surface area contributed by atoms with E-state index in [1.807, 2.05) is 0 Å². The van der Waals surface area contributed by atoms with Gasteiger partial charge in [0.25, 0.3) is 5.69 Å². The minimum atomic E-state index is -4.50. The maximum Gasteiger partial charge on any atom is 0.416 e. The van der Waals surface area contributed by atoms with Gasteiger partial charge in [-0.1, -0.05) is 17.8 Å². The molecule has 3 rings (SSSR count). The smallest absolute Gasteiger partial charge is 0.416 e. The molecule has 13 heteroatoms. The number of hydrogen-bond acceptors (Lipinski definition) is 7. The molecule has 0 bridgehead atoms. The van der Waals surface area contributed by atoms with Gasteiger partial charge in [0.15, 0.2) is 11.0 Å². The van der Waals surface area contributed by atoms with Crippen molar-refractivity contribution in [3.05, 3.63) is 70.0 Å². The number of nitrogens with zero attached hydrogens (tertiary/aromatic N) is 4. The molecule has 0 atom stereocenters. The Morgan fingerprint density at radius 1 is 1.22 bits per heavy atom. The molecular formula is C19H16F3N5O4S. The largest absolute Gasteiger partial charge is 0.486 e. The standard InChI is InChI=1S/C19H16F3N5O4S/c1-26-16(10-31-15-7-5-14(6-8-15)27(29)30)24-25-18(26)32-11-17(28)23-13-4-2-3-12(9-13)19(20,21)22/h2-9H,10-11H2,1H3,(H,23,28). The predicted molar refractivity (Wildman–Crippen MR) is 109 cm³/mol. The Hall–Kier alpha value is -3.61. The Labute approximate surface area is 183 Å². The summed E-state index contributed by atoms with van der Waals surface area (Å²) in [5.41, 5.74) is -0.868. The third-order valence-corrected chi connectivity index (χ3v) is 5.17. The number of alkyl halides is 3. The number of benzene rings is 2. The number of carbonyl (C=O) groups excluding carboxylic acids is 1. The number of nitro groups is 1. The maximum absolute atomic E-state index is 12.8. The van der Waals surface area contributed by atoms with Gasteiger partial charge in [0.2, 0.25) is 5.91 Å². The lowest BCUT2D eigenvalue weighted by Crippen LogP contribution is -2.15. The van der Waals surface area contributed by atoms with Crippen LogP contribution >= 0.6 is 11.8 Å². The van der Waals surface area contributed by atoms with Gasteiger partial charge in [0, 0.05) is 24.9 Å². The molecular weight excluding hydrogens is 451 g/mol. The quantitative estimate of drug-likeness (QED) is 0.302. The number of ether oxygens (including phenoxy) is 1. The molecule has 1 heterocycles. The van der Waals surface area contributed by atoms with E-state index in [2.05, 4.69) is 15.5 Å². The highest BCUT2D eigenvalue weighted by molar-refractivity contribution is 7.99. The molecule has 3 aromatic rings. The molecule has 9 nitrogen and oxygen atoms in total. The molecule has 1 amide bonds. The lowest BCUT2D eigenvalue weighted by Gasteiger charge is -2.10. The highest BCUT2D eigenvalue weighted by Gasteiger charge is 2.30. The molecule has 168 valence electrons. The predicted octanol–water partition coefficient (Wildman–Crippen LogP) is 4.05. The van der Waals surface area contributed by atoms with E-state index in [1.54, 1.807) is 11.6 Å². The Morgan fingerprint density at radius 2 is 1.94 bits per heavy atom. The van der Waals surface area contributed by atoms with Crippen LogP contribution in [-0.2, 0) is 24.6 Å². The number of halogens is 3. The monoisotopic (exact) mass is 467 g/mol. The molecule has 0 saturated carbocycles. The summed E-state index contributed by atoms with van der Waals surface area (Å²) in [4.78, 5) is 22.3. The molecule has 0 radical (unpaired) electrons. The fourth-order valence-corrected chi connectivity index (χ4v) is 3.24. The topological polar surface area (TPSA) is 112 Å². The van der Waals surface area contributed by atoms with E-state index in [0.29, 0.717) is 16.7 Å². The van der Waals surface area contributed by atoms with Crippen molar-refractivity contribution in [2.45, 2.75) is 17.9 Å². The average Bonchev–Trinajstić information content (AvgIpc) is 3.10. The first-order valence-corrected chi connectivity index (χ1v) is 9.97. The molecule has 0 spiro atoms. The van der Waals surface area contributed by atoms with Crippen molar-refractivity contribution in [2.24, 2.45) is 7.05 Å². The number of rotatable bonds is 8. The third kappa shape index (κ3) is 5.97. The number of non-ortho nitro benzene ring substituents is 1. The highest BCUT2D eigenvalue weighted by Crippen LogP contribution is 2.30. The van der Waals surface area contributed by atoms with Gasteiger partial charge < -0.3 is 14.6 Å². The molecule has 0 aliphatic heterocycles. The second-order valence-corrected chi connectivity index (χ2v) is 7.36. The van der Waals surface area contributed by atoms with Crippen molar-refractivity contribution >= 4 is 29.0 Å². The molecule has 1 N–H and O–H groups in total. The van der Waals surface area contributed by atoms with E-state index >= 15 is 0 Å². The number of nitrogens with one attached hydrogen (secondary N) is 1. The number of aromatic nitrogens is 3. The van der Waals surface area contributed by atoms with Gasteiger partial charge in [-0.25, -0.2) is 0 Å². The zero-order valence-electron chi connectivity index (χ0n) is 16.5. The Morgan fingerprint density at radius 3 is 2.59 bits per heavy atom. The zero-order valence-corrected chi connectivity index (χ0v) is 17.3. The van der Waals surface area contributed by atoms with Crippen molar-refractivity contribution in [3.8, 4) is 5.75 Å². The Balaban J connectivity index is 1.53. The van der Waals surface area contributed by atoms with Crippen LogP contribution in [0.1, 0.15) is 11.4 Å². The van der Waals surface area contributed by atoms with E-state index in [0.717, 1.165) is 23.9 Å². The molecule has 0 fully saturated rings. The van der Waals surface area contributed by atoms with Crippen LogP contribution in [-0.4, -0.2) is 31.3 Å². The minimum absolute atomic E-state index is 0.0400. The summed E-state index contributed by atoms with van der Waals surface area (Å²) in [5, 5.41) is 21.4. The van der Waals surface area contributed by atoms with Gasteiger partial charge in [-0.15, -0.1) is 10.2 Å². The second-order valence-electron chi connectivity index (χ2n) is 6.41. The molecule has 0 unspecified atom stereocenters. The van der Waals surface area contributed by atoms with Crippen LogP contribution in [0.2, 0.25) is 0 Å². The van der Waals surface area contributed by atoms with E-state index in [9.17, 15) is 28.1 Å². The first-order chi connectivity index (χ1) is 15.1. The first kappa shape index (κ1) is 23.1. The number of nitro benzene ring substituents is 1. The van der Waals surface area contributed by atoms with Crippen LogP contribution in [0.25, 0.3) is 0 Å². The summed E-state index contributed by atoms with van der Waals surface area (Å²) >= 11 is 1.06. The van der Waals surface area contributed by atoms with Crippen LogP contribution in [0.5, 0.6) is 5.75 Å². The lowest BCUT2D eigenvalue weighted by atomic mass is 10.2. The number of carbonyl (C=O) groups is 1. The Kier molecular flexibility index (Phi) is 6.98. The van der Waals surface area contributed by atoms with Gasteiger partial charge in [0.1, 0.15) is 12.4 Å². The SMILES string of the molecule is Cn1c(COc2ccc([N+](=O)[O-])cc2)nnc1SCC(=O)Nc1cccc(C(F)(F)F)c1. The van der Waals surface area contributed by atoms with Crippen molar-refractivity contribution in [2.75, 3.05) is 11.1 Å². The van der Waals surface area contributed by atoms with Crippen LogP contribution < -0.4 is 10.1 Å². The van der Waals surface area contributed by atoms with Crippen LogP contribution in [0, 0.1) is 10.1 Å². The summed E-state index contributed by atoms with van der Waals surface area (Å²) in [6, 6.07) is 9.92. The molecule has 32 heavy (non-hydrogen) atoms. The van der Waals surface area contributed by atoms with Crippen molar-refractivity contribution in [1.29, 1.82) is 0 Å². The van der Waals surface area contributed by atoms with Gasteiger partial charge in [0.05, 0.1) is 16.2 Å². The molecule has 0 aliphatic rings. The maximum atomic E-state index is 12.8. The fourth-order valence-electron chi connectivity index (χ4n) is 2.51. The summed E-state index contributed by atoms with van der Waals surface area (Å²) < 4.78 is 45.5. The van der Waals surface area contributed by atoms with Crippen LogP contribution in [0.3, 0.4) is 0 Å². The van der Waals surface area contributed by atoms with E-state index < -0.39 is 22.6 Å². The fraction of sp³-hybridized carbons (Fsp3) is 0.211. The number of anilines is 1. The minimum Gasteiger partial charge on any atom is -0.486 e. The lowest BCUT2D eigenvalue weighted by molar-refractivity contribution is -0.384. The van der Waals surface area contributed by atoms with Crippen LogP contribution in [0.15, 0.2) is 53.7 Å². The number of amides is 1. The summed E-state index contributed by atoms with van der Waals surface area (Å²) in [6.07, 6.45) is -4.50. The van der Waals surface area contributed by atoms with Gasteiger partial charge >= 0.3 is 6.18 Å². The number of thioether (sulfide) groups is 1. The van der Waals surface area contributed by atoms with Crippen molar-refractivity contribution < 1.29 is 27.6 Å². The third-order valence-electron chi connectivity index (χ3n) is 4.15. The van der Waals surface area contributed by atoms with E-state index in [-0.39, 0.29) is 23.7 Å². The Bertz CT molecular complexity index is 1120. The average molecular weight is 467 g/mol. The van der Waals surface area contributed by atoms with E-state index in [4.69, 9.17) is 4.74 Å². The van der Waals surface area contributed by atoms with Crippen molar-refractivity contribution in [1.82, 2.24) is 14.8 Å². The normalized spacial score (nSPS) is 11.2. The number of hydrogen-bond donors (Lipinski definition) is 1. The van der Waals surface area contributed by atoms with Gasteiger partial charge in [-0.3, -0.25) is 14.9 Å². The van der Waals surface area contributed by atoms with E-state index in [1.165, 1.54) is 36.4 Å². The van der Waals surface area contributed by atoms with Crippen molar-refractivity contribution in [3.63, 3.8) is 0 Å². The van der Waals surface area contributed by atoms with Gasteiger partial charge in [-0.05, 0) is 30.3 Å². The zero-order chi connectivity index (χ0) is 23.3. The van der Waals surface area contributed by atoms with Crippen LogP contribution in [0.4, 0.5) is 24.5 Å². The second kappa shape index (κ2) is 9.68. The summed E-state index contributed by atoms with van der Waals surface area (Å²) in [6.45, 7) is 0.0400. The molecule has 0 saturated heterocycles. The molecule has 1 aromatic heterocycles. The summed E-state index contributed by atoms with van der Waals surface area (Å²) in [5.74, 6) is 0.268. The highest BCUT2D eigenvalue weighted by atomic mass is 32.2. The molecule has 2 aromatic carbocycles. The van der Waals surface area contributed by atoms with Gasteiger partial charge in [-0.2, -0.15) is 13.2 Å². The first-order valence-electron chi connectivity index (χ1n) is 8.99. The molecule has 0 aliphatic carbocycles. The summed E-state index contributed by atoms with van der Waals surface area (Å²) in [7, 11) is 1.67.